The summed E-state index contributed by atoms with van der Waals surface area (Å²) < 4.78 is 18.0. The highest BCUT2D eigenvalue weighted by atomic mass is 31.2. The Labute approximate surface area is 266 Å². The lowest BCUT2D eigenvalue weighted by Crippen LogP contribution is -2.25. The SMILES string of the molecule is C=Cc1ccc(-c2ccc(P(=O)(c3ccccc3)c3ccc4c5c(n(-c6ccc(C(C)(C)C)cc6)c4c3)CCC=C5)cc2)cc1. The number of aromatic nitrogens is 1. The van der Waals surface area contributed by atoms with E-state index < -0.39 is 7.14 Å². The first-order valence-corrected chi connectivity index (χ1v) is 17.4. The van der Waals surface area contributed by atoms with Crippen LogP contribution < -0.4 is 15.9 Å². The lowest BCUT2D eigenvalue weighted by molar-refractivity contribution is 0.590. The van der Waals surface area contributed by atoms with Gasteiger partial charge in [-0.15, -0.1) is 0 Å². The second-order valence-electron chi connectivity index (χ2n) is 13.0. The summed E-state index contributed by atoms with van der Waals surface area (Å²) in [5.41, 5.74) is 9.52. The van der Waals surface area contributed by atoms with Crippen LogP contribution in [-0.4, -0.2) is 4.57 Å². The molecule has 0 saturated heterocycles. The van der Waals surface area contributed by atoms with E-state index in [1.807, 2.05) is 48.5 Å². The zero-order valence-corrected chi connectivity index (χ0v) is 27.1. The Morgan fingerprint density at radius 2 is 1.36 bits per heavy atom. The minimum absolute atomic E-state index is 0.0829. The number of nitrogens with zero attached hydrogens (tertiary/aromatic N) is 1. The fourth-order valence-electron chi connectivity index (χ4n) is 6.57. The van der Waals surface area contributed by atoms with Gasteiger partial charge in [0, 0.05) is 38.2 Å². The second kappa shape index (κ2) is 11.4. The minimum Gasteiger partial charge on any atom is -0.313 e. The Morgan fingerprint density at radius 3 is 2.00 bits per heavy atom. The molecule has 1 heterocycles. The molecule has 0 fully saturated rings. The Kier molecular flexibility index (Phi) is 7.35. The fourth-order valence-corrected chi connectivity index (χ4v) is 9.21. The Hall–Kier alpha value is -4.65. The van der Waals surface area contributed by atoms with Crippen molar-refractivity contribution in [3.8, 4) is 16.8 Å². The number of hydrogen-bond donors (Lipinski definition) is 0. The molecule has 6 aromatic rings. The van der Waals surface area contributed by atoms with Gasteiger partial charge in [-0.05, 0) is 58.7 Å². The van der Waals surface area contributed by atoms with Crippen molar-refractivity contribution < 1.29 is 4.57 Å². The highest BCUT2D eigenvalue weighted by Gasteiger charge is 2.31. The van der Waals surface area contributed by atoms with Crippen molar-refractivity contribution in [1.82, 2.24) is 4.57 Å². The molecule has 1 atom stereocenters. The monoisotopic (exact) mass is 603 g/mol. The molecule has 45 heavy (non-hydrogen) atoms. The lowest BCUT2D eigenvalue weighted by Gasteiger charge is -2.21. The highest BCUT2D eigenvalue weighted by molar-refractivity contribution is 7.85. The molecule has 7 rings (SSSR count). The Bertz CT molecular complexity index is 2090. The molecule has 1 aliphatic rings. The summed E-state index contributed by atoms with van der Waals surface area (Å²) in [5.74, 6) is 0. The molecule has 1 aromatic heterocycles. The molecule has 0 saturated carbocycles. The van der Waals surface area contributed by atoms with Crippen LogP contribution in [0.3, 0.4) is 0 Å². The van der Waals surface area contributed by atoms with Crippen LogP contribution >= 0.6 is 7.14 Å². The van der Waals surface area contributed by atoms with Crippen molar-refractivity contribution in [1.29, 1.82) is 0 Å². The van der Waals surface area contributed by atoms with Crippen molar-refractivity contribution in [2.45, 2.75) is 39.0 Å². The van der Waals surface area contributed by atoms with Gasteiger partial charge in [-0.1, -0.05) is 149 Å². The summed E-state index contributed by atoms with van der Waals surface area (Å²) in [5, 5.41) is 3.71. The lowest BCUT2D eigenvalue weighted by atomic mass is 9.87. The molecule has 222 valence electrons. The molecule has 0 N–H and O–H groups in total. The number of allylic oxidation sites excluding steroid dienone is 1. The van der Waals surface area contributed by atoms with Gasteiger partial charge in [0.15, 0.2) is 7.14 Å². The van der Waals surface area contributed by atoms with E-state index in [-0.39, 0.29) is 5.41 Å². The van der Waals surface area contributed by atoms with Gasteiger partial charge in [0.1, 0.15) is 0 Å². The predicted molar refractivity (Wildman–Crippen MR) is 194 cm³/mol. The third-order valence-electron chi connectivity index (χ3n) is 9.11. The highest BCUT2D eigenvalue weighted by Crippen LogP contribution is 2.44. The molecule has 0 bridgehead atoms. The molecule has 2 nitrogen and oxygen atoms in total. The molecule has 0 spiro atoms. The summed E-state index contributed by atoms with van der Waals surface area (Å²) in [6.45, 7) is 10.6. The molecular formula is C42H38NOP. The van der Waals surface area contributed by atoms with Gasteiger partial charge in [0.05, 0.1) is 5.52 Å². The maximum absolute atomic E-state index is 15.6. The summed E-state index contributed by atoms with van der Waals surface area (Å²) in [7, 11) is -3.20. The molecule has 0 amide bonds. The van der Waals surface area contributed by atoms with Crippen LogP contribution in [0.15, 0.2) is 134 Å². The van der Waals surface area contributed by atoms with Crippen LogP contribution in [0.1, 0.15) is 49.6 Å². The van der Waals surface area contributed by atoms with Gasteiger partial charge in [-0.2, -0.15) is 0 Å². The molecule has 3 heteroatoms. The maximum Gasteiger partial charge on any atom is 0.171 e. The molecule has 0 aliphatic heterocycles. The quantitative estimate of drug-likeness (QED) is 0.174. The van der Waals surface area contributed by atoms with E-state index in [0.29, 0.717) is 0 Å². The molecular weight excluding hydrogens is 565 g/mol. The van der Waals surface area contributed by atoms with Crippen LogP contribution in [-0.2, 0) is 16.4 Å². The minimum atomic E-state index is -3.20. The van der Waals surface area contributed by atoms with E-state index in [2.05, 4.69) is 123 Å². The van der Waals surface area contributed by atoms with Gasteiger partial charge < -0.3 is 9.13 Å². The van der Waals surface area contributed by atoms with Crippen molar-refractivity contribution in [2.24, 2.45) is 0 Å². The molecule has 1 unspecified atom stereocenters. The third-order valence-corrected chi connectivity index (χ3v) is 12.2. The van der Waals surface area contributed by atoms with Crippen molar-refractivity contribution in [3.63, 3.8) is 0 Å². The number of fused-ring (bicyclic) bond motifs is 3. The normalized spacial score (nSPS) is 14.2. The second-order valence-corrected chi connectivity index (χ2v) is 15.7. The average Bonchev–Trinajstić information content (AvgIpc) is 3.42. The van der Waals surface area contributed by atoms with Gasteiger partial charge in [0.25, 0.3) is 0 Å². The Balaban J connectivity index is 1.40. The van der Waals surface area contributed by atoms with Gasteiger partial charge in [0.2, 0.25) is 0 Å². The first-order valence-electron chi connectivity index (χ1n) is 15.7. The summed E-state index contributed by atoms with van der Waals surface area (Å²) >= 11 is 0. The van der Waals surface area contributed by atoms with Gasteiger partial charge >= 0.3 is 0 Å². The van der Waals surface area contributed by atoms with E-state index in [0.717, 1.165) is 56.6 Å². The summed E-state index contributed by atoms with van der Waals surface area (Å²) in [6, 6.07) is 42.0. The summed E-state index contributed by atoms with van der Waals surface area (Å²) in [6.07, 6.45) is 8.37. The van der Waals surface area contributed by atoms with Crippen molar-refractivity contribution >= 4 is 46.1 Å². The Morgan fingerprint density at radius 1 is 0.733 bits per heavy atom. The molecule has 0 radical (unpaired) electrons. The maximum atomic E-state index is 15.6. The topological polar surface area (TPSA) is 22.0 Å². The van der Waals surface area contributed by atoms with E-state index >= 15 is 4.57 Å². The van der Waals surface area contributed by atoms with Gasteiger partial charge in [-0.25, -0.2) is 0 Å². The first-order chi connectivity index (χ1) is 21.8. The van der Waals surface area contributed by atoms with Crippen LogP contribution in [0, 0.1) is 0 Å². The standard InChI is InChI=1S/C42H38NOP/c1-5-30-15-17-31(18-16-30)32-19-25-36(26-20-32)45(44,35-11-7-6-8-12-35)37-27-28-39-38-13-9-10-14-40(38)43(41(39)29-37)34-23-21-33(22-24-34)42(2,3)4/h5-9,11-13,15-29H,1,10,14H2,2-4H3. The van der Waals surface area contributed by atoms with Crippen molar-refractivity contribution in [3.05, 3.63) is 156 Å². The zero-order valence-electron chi connectivity index (χ0n) is 26.2. The third kappa shape index (κ3) is 5.14. The molecule has 1 aliphatic carbocycles. The predicted octanol–water partition coefficient (Wildman–Crippen LogP) is 9.84. The molecule has 5 aromatic carbocycles. The van der Waals surface area contributed by atoms with Crippen LogP contribution in [0.5, 0.6) is 0 Å². The van der Waals surface area contributed by atoms with Gasteiger partial charge in [-0.3, -0.25) is 0 Å². The summed E-state index contributed by atoms with van der Waals surface area (Å²) in [4.78, 5) is 0. The number of benzene rings is 5. The first kappa shape index (κ1) is 29.1. The zero-order chi connectivity index (χ0) is 31.2. The van der Waals surface area contributed by atoms with E-state index in [4.69, 9.17) is 0 Å². The fraction of sp³-hybridized carbons (Fsp3) is 0.143. The van der Waals surface area contributed by atoms with Crippen molar-refractivity contribution in [2.75, 3.05) is 0 Å². The van der Waals surface area contributed by atoms with Crippen LogP contribution in [0.25, 0.3) is 39.9 Å². The van der Waals surface area contributed by atoms with Crippen LogP contribution in [0.4, 0.5) is 0 Å². The van der Waals surface area contributed by atoms with E-state index in [1.54, 1.807) is 0 Å². The average molecular weight is 604 g/mol. The number of hydrogen-bond acceptors (Lipinski definition) is 1. The number of rotatable bonds is 6. The van der Waals surface area contributed by atoms with E-state index in [9.17, 15) is 0 Å². The van der Waals surface area contributed by atoms with Crippen LogP contribution in [0.2, 0.25) is 0 Å². The smallest absolute Gasteiger partial charge is 0.171 e. The van der Waals surface area contributed by atoms with E-state index in [1.165, 1.54) is 22.2 Å². The largest absolute Gasteiger partial charge is 0.313 e.